The summed E-state index contributed by atoms with van der Waals surface area (Å²) in [5.41, 5.74) is 0.892. The van der Waals surface area contributed by atoms with Crippen molar-refractivity contribution in [2.75, 3.05) is 43.0 Å². The van der Waals surface area contributed by atoms with E-state index >= 15 is 0 Å². The van der Waals surface area contributed by atoms with Crippen molar-refractivity contribution in [3.63, 3.8) is 0 Å². The van der Waals surface area contributed by atoms with E-state index < -0.39 is 5.97 Å². The number of anilines is 1. The number of rotatable bonds is 5. The highest BCUT2D eigenvalue weighted by Gasteiger charge is 2.09. The summed E-state index contributed by atoms with van der Waals surface area (Å²) >= 11 is 2.00. The molecule has 1 saturated heterocycles. The largest absolute Gasteiger partial charge is 0.477 e. The van der Waals surface area contributed by atoms with Crippen molar-refractivity contribution in [2.24, 2.45) is 0 Å². The molecule has 1 aliphatic rings. The average Bonchev–Trinajstić information content (AvgIpc) is 2.40. The predicted octanol–water partition coefficient (Wildman–Crippen LogP) is 1.24. The molecule has 2 heterocycles. The molecule has 0 radical (unpaired) electrons. The maximum absolute atomic E-state index is 10.8. The van der Waals surface area contributed by atoms with Crippen LogP contribution in [0.1, 0.15) is 10.5 Å². The third kappa shape index (κ3) is 3.89. The Bertz CT molecular complexity index is 408. The van der Waals surface area contributed by atoms with Gasteiger partial charge >= 0.3 is 5.97 Å². The second kappa shape index (κ2) is 6.61. The number of thioether (sulfide) groups is 1. The highest BCUT2D eigenvalue weighted by atomic mass is 32.2. The van der Waals surface area contributed by atoms with Crippen molar-refractivity contribution in [3.05, 3.63) is 24.0 Å². The van der Waals surface area contributed by atoms with Gasteiger partial charge in [0.15, 0.2) is 0 Å². The molecule has 1 aliphatic heterocycles. The van der Waals surface area contributed by atoms with Crippen molar-refractivity contribution in [1.29, 1.82) is 0 Å². The van der Waals surface area contributed by atoms with Crippen LogP contribution in [0.25, 0.3) is 0 Å². The molecule has 1 aromatic rings. The number of nitrogens with zero attached hydrogens (tertiary/aromatic N) is 2. The van der Waals surface area contributed by atoms with E-state index in [-0.39, 0.29) is 5.69 Å². The van der Waals surface area contributed by atoms with Crippen molar-refractivity contribution in [3.8, 4) is 0 Å². The number of hydrogen-bond acceptors (Lipinski definition) is 5. The lowest BCUT2D eigenvalue weighted by molar-refractivity contribution is 0.0690. The van der Waals surface area contributed by atoms with Gasteiger partial charge in [-0.3, -0.25) is 4.90 Å². The summed E-state index contributed by atoms with van der Waals surface area (Å²) in [6.07, 6.45) is 1.52. The molecular weight excluding hydrogens is 250 g/mol. The number of aromatic carboxylic acids is 1. The summed E-state index contributed by atoms with van der Waals surface area (Å²) in [5, 5.41) is 12.1. The van der Waals surface area contributed by atoms with E-state index in [2.05, 4.69) is 15.2 Å². The number of aromatic nitrogens is 1. The molecule has 0 amide bonds. The van der Waals surface area contributed by atoms with Gasteiger partial charge in [-0.15, -0.1) is 0 Å². The summed E-state index contributed by atoms with van der Waals surface area (Å²) in [7, 11) is 0. The molecule has 0 unspecified atom stereocenters. The van der Waals surface area contributed by atoms with Crippen LogP contribution in [0.4, 0.5) is 5.69 Å². The number of hydrogen-bond donors (Lipinski definition) is 2. The van der Waals surface area contributed by atoms with Crippen molar-refractivity contribution in [2.45, 2.75) is 0 Å². The molecule has 0 saturated carbocycles. The molecule has 5 nitrogen and oxygen atoms in total. The second-order valence-corrected chi connectivity index (χ2v) is 5.34. The van der Waals surface area contributed by atoms with Crippen LogP contribution in [0, 0.1) is 0 Å². The monoisotopic (exact) mass is 267 g/mol. The van der Waals surface area contributed by atoms with Crippen LogP contribution >= 0.6 is 11.8 Å². The maximum atomic E-state index is 10.8. The van der Waals surface area contributed by atoms with Gasteiger partial charge in [0.2, 0.25) is 0 Å². The van der Waals surface area contributed by atoms with E-state index in [9.17, 15) is 4.79 Å². The fraction of sp³-hybridized carbons (Fsp3) is 0.500. The van der Waals surface area contributed by atoms with Gasteiger partial charge in [0.1, 0.15) is 5.69 Å². The average molecular weight is 267 g/mol. The summed E-state index contributed by atoms with van der Waals surface area (Å²) in [6.45, 7) is 4.10. The number of pyridine rings is 1. The van der Waals surface area contributed by atoms with Gasteiger partial charge in [-0.25, -0.2) is 9.78 Å². The standard InChI is InChI=1S/C12H17N3O2S/c16-12(17)11-9-10(1-2-14-11)13-3-4-15-5-7-18-8-6-15/h1-2,9H,3-8H2,(H,13,14)(H,16,17). The van der Waals surface area contributed by atoms with Crippen LogP contribution in [0.2, 0.25) is 0 Å². The van der Waals surface area contributed by atoms with Gasteiger partial charge in [0, 0.05) is 49.6 Å². The number of carboxylic acid groups (broad SMARTS) is 1. The zero-order valence-electron chi connectivity index (χ0n) is 10.1. The van der Waals surface area contributed by atoms with Crippen LogP contribution < -0.4 is 5.32 Å². The fourth-order valence-electron chi connectivity index (χ4n) is 1.84. The zero-order chi connectivity index (χ0) is 12.8. The Morgan fingerprint density at radius 1 is 1.50 bits per heavy atom. The molecule has 0 atom stereocenters. The first kappa shape index (κ1) is 13.2. The molecule has 2 N–H and O–H groups in total. The molecule has 1 aromatic heterocycles. The fourth-order valence-corrected chi connectivity index (χ4v) is 2.82. The highest BCUT2D eigenvalue weighted by molar-refractivity contribution is 7.99. The Morgan fingerprint density at radius 2 is 2.28 bits per heavy atom. The molecular formula is C12H17N3O2S. The van der Waals surface area contributed by atoms with E-state index in [0.717, 1.165) is 31.9 Å². The van der Waals surface area contributed by atoms with Gasteiger partial charge < -0.3 is 10.4 Å². The molecule has 0 aliphatic carbocycles. The Balaban J connectivity index is 1.78. The zero-order valence-corrected chi connectivity index (χ0v) is 10.9. The lowest BCUT2D eigenvalue weighted by Gasteiger charge is -2.26. The summed E-state index contributed by atoms with van der Waals surface area (Å²) < 4.78 is 0. The molecule has 0 aromatic carbocycles. The molecule has 18 heavy (non-hydrogen) atoms. The third-order valence-electron chi connectivity index (χ3n) is 2.84. The third-order valence-corrected chi connectivity index (χ3v) is 3.78. The van der Waals surface area contributed by atoms with Gasteiger partial charge in [0.25, 0.3) is 0 Å². The van der Waals surface area contributed by atoms with E-state index in [1.165, 1.54) is 17.7 Å². The molecule has 1 fully saturated rings. The Labute approximate surface area is 111 Å². The Hall–Kier alpha value is -1.27. The topological polar surface area (TPSA) is 65.5 Å². The number of carbonyl (C=O) groups is 1. The Kier molecular flexibility index (Phi) is 4.83. The minimum absolute atomic E-state index is 0.0781. The SMILES string of the molecule is O=C(O)c1cc(NCCN2CCSCC2)ccn1. The number of nitrogens with one attached hydrogen (secondary N) is 1. The first-order valence-electron chi connectivity index (χ1n) is 5.99. The molecule has 6 heteroatoms. The quantitative estimate of drug-likeness (QED) is 0.837. The number of carboxylic acids is 1. The summed E-state index contributed by atoms with van der Waals surface area (Å²) in [5.74, 6) is 1.42. The molecule has 0 bridgehead atoms. The first-order valence-corrected chi connectivity index (χ1v) is 7.14. The second-order valence-electron chi connectivity index (χ2n) is 4.12. The van der Waals surface area contributed by atoms with Gasteiger partial charge in [-0.1, -0.05) is 0 Å². The molecule has 98 valence electrons. The van der Waals surface area contributed by atoms with Crippen LogP contribution in [0.15, 0.2) is 18.3 Å². The van der Waals surface area contributed by atoms with Crippen molar-refractivity contribution in [1.82, 2.24) is 9.88 Å². The van der Waals surface area contributed by atoms with Gasteiger partial charge in [-0.05, 0) is 12.1 Å². The summed E-state index contributed by atoms with van der Waals surface area (Å²) in [4.78, 5) is 17.0. The minimum atomic E-state index is -0.994. The van der Waals surface area contributed by atoms with Crippen molar-refractivity contribution >= 4 is 23.4 Å². The molecule has 2 rings (SSSR count). The Morgan fingerprint density at radius 3 is 3.00 bits per heavy atom. The smallest absolute Gasteiger partial charge is 0.354 e. The van der Waals surface area contributed by atoms with Crippen LogP contribution in [-0.4, -0.2) is 58.6 Å². The highest BCUT2D eigenvalue weighted by Crippen LogP contribution is 2.10. The lowest BCUT2D eigenvalue weighted by Crippen LogP contribution is -2.36. The van der Waals surface area contributed by atoms with Gasteiger partial charge in [-0.2, -0.15) is 11.8 Å². The van der Waals surface area contributed by atoms with Crippen LogP contribution in [0.5, 0.6) is 0 Å². The van der Waals surface area contributed by atoms with E-state index in [1.54, 1.807) is 12.1 Å². The van der Waals surface area contributed by atoms with E-state index in [0.29, 0.717) is 0 Å². The first-order chi connectivity index (χ1) is 8.75. The van der Waals surface area contributed by atoms with E-state index in [4.69, 9.17) is 5.11 Å². The maximum Gasteiger partial charge on any atom is 0.354 e. The van der Waals surface area contributed by atoms with Gasteiger partial charge in [0.05, 0.1) is 0 Å². The van der Waals surface area contributed by atoms with Crippen LogP contribution in [0.3, 0.4) is 0 Å². The van der Waals surface area contributed by atoms with Crippen molar-refractivity contribution < 1.29 is 9.90 Å². The normalized spacial score (nSPS) is 16.4. The molecule has 0 spiro atoms. The lowest BCUT2D eigenvalue weighted by atomic mass is 10.3. The summed E-state index contributed by atoms with van der Waals surface area (Å²) in [6, 6.07) is 3.35. The van der Waals surface area contributed by atoms with Crippen LogP contribution in [-0.2, 0) is 0 Å². The minimum Gasteiger partial charge on any atom is -0.477 e. The van der Waals surface area contributed by atoms with E-state index in [1.807, 2.05) is 11.8 Å². The predicted molar refractivity (Wildman–Crippen MR) is 73.5 cm³/mol.